The molecule has 0 bridgehead atoms. The number of thiophene rings is 1. The van der Waals surface area contributed by atoms with Gasteiger partial charge in [0.15, 0.2) is 0 Å². The Hall–Kier alpha value is -1.24. The summed E-state index contributed by atoms with van der Waals surface area (Å²) in [6, 6.07) is 8.58. The molecular weight excluding hydrogens is 251 g/mol. The van der Waals surface area contributed by atoms with E-state index in [9.17, 15) is 12.8 Å². The first kappa shape index (κ1) is 11.3. The van der Waals surface area contributed by atoms with E-state index < -0.39 is 10.1 Å². The summed E-state index contributed by atoms with van der Waals surface area (Å²) in [6.45, 7) is 0. The van der Waals surface area contributed by atoms with Gasteiger partial charge in [-0.25, -0.2) is 4.39 Å². The van der Waals surface area contributed by atoms with E-state index in [0.29, 0.717) is 10.4 Å². The Balaban J connectivity index is 2.43. The summed E-state index contributed by atoms with van der Waals surface area (Å²) >= 11 is 0.938. The first-order valence-electron chi connectivity index (χ1n) is 4.30. The van der Waals surface area contributed by atoms with Crippen molar-refractivity contribution in [3.63, 3.8) is 0 Å². The Morgan fingerprint density at radius 1 is 1.06 bits per heavy atom. The lowest BCUT2D eigenvalue weighted by Crippen LogP contribution is -1.92. The summed E-state index contributed by atoms with van der Waals surface area (Å²) in [5, 5.41) is 0. The summed E-state index contributed by atoms with van der Waals surface area (Å²) in [5.41, 5.74) is 0.710. The molecule has 6 heteroatoms. The molecule has 0 aliphatic rings. The van der Waals surface area contributed by atoms with Gasteiger partial charge in [0, 0.05) is 4.88 Å². The van der Waals surface area contributed by atoms with E-state index in [-0.39, 0.29) is 10.0 Å². The van der Waals surface area contributed by atoms with Crippen molar-refractivity contribution in [1.29, 1.82) is 0 Å². The van der Waals surface area contributed by atoms with Crippen molar-refractivity contribution in [3.05, 3.63) is 42.2 Å². The number of hydrogen-bond donors (Lipinski definition) is 1. The van der Waals surface area contributed by atoms with Crippen LogP contribution in [0.5, 0.6) is 0 Å². The van der Waals surface area contributed by atoms with Crippen molar-refractivity contribution >= 4 is 21.5 Å². The van der Waals surface area contributed by atoms with Crippen LogP contribution in [0.1, 0.15) is 0 Å². The van der Waals surface area contributed by atoms with Gasteiger partial charge in [0.25, 0.3) is 0 Å². The average molecular weight is 258 g/mol. The normalized spacial score (nSPS) is 11.6. The van der Waals surface area contributed by atoms with Gasteiger partial charge in [-0.3, -0.25) is 4.55 Å². The molecule has 0 amide bonds. The van der Waals surface area contributed by atoms with Crippen molar-refractivity contribution in [1.82, 2.24) is 0 Å². The molecular formula is C10H7FO3S2. The highest BCUT2D eigenvalue weighted by atomic mass is 32.3. The molecule has 3 nitrogen and oxygen atoms in total. The molecule has 16 heavy (non-hydrogen) atoms. The smallest absolute Gasteiger partial charge is 0.281 e. The van der Waals surface area contributed by atoms with Crippen molar-refractivity contribution in [2.45, 2.75) is 4.21 Å². The maximum absolute atomic E-state index is 12.7. The zero-order chi connectivity index (χ0) is 11.8. The Bertz CT molecular complexity index is 599. The summed E-state index contributed by atoms with van der Waals surface area (Å²) in [4.78, 5) is 0.660. The van der Waals surface area contributed by atoms with Crippen molar-refractivity contribution in [2.24, 2.45) is 0 Å². The van der Waals surface area contributed by atoms with Crippen molar-refractivity contribution in [3.8, 4) is 10.4 Å². The third-order valence-corrected chi connectivity index (χ3v) is 4.42. The predicted octanol–water partition coefficient (Wildman–Crippen LogP) is 2.80. The lowest BCUT2D eigenvalue weighted by molar-refractivity contribution is 0.485. The lowest BCUT2D eigenvalue weighted by atomic mass is 10.2. The monoisotopic (exact) mass is 258 g/mol. The van der Waals surface area contributed by atoms with Gasteiger partial charge in [-0.15, -0.1) is 11.3 Å². The fourth-order valence-corrected chi connectivity index (χ4v) is 2.90. The zero-order valence-corrected chi connectivity index (χ0v) is 9.56. The van der Waals surface area contributed by atoms with E-state index >= 15 is 0 Å². The maximum atomic E-state index is 12.7. The second kappa shape index (κ2) is 3.97. The SMILES string of the molecule is O=S(=O)(O)c1ccc(-c2ccc(F)cc2)s1. The lowest BCUT2D eigenvalue weighted by Gasteiger charge is -1.95. The molecule has 0 spiro atoms. The van der Waals surface area contributed by atoms with Crippen LogP contribution in [0.4, 0.5) is 4.39 Å². The molecule has 0 saturated heterocycles. The van der Waals surface area contributed by atoms with Crippen LogP contribution in [-0.4, -0.2) is 13.0 Å². The summed E-state index contributed by atoms with van der Waals surface area (Å²) < 4.78 is 43.0. The quantitative estimate of drug-likeness (QED) is 0.843. The molecule has 0 fully saturated rings. The molecule has 0 aliphatic heterocycles. The fraction of sp³-hybridized carbons (Fsp3) is 0. The third kappa shape index (κ3) is 2.29. The van der Waals surface area contributed by atoms with Gasteiger partial charge in [-0.1, -0.05) is 12.1 Å². The van der Waals surface area contributed by atoms with E-state index in [1.54, 1.807) is 18.2 Å². The molecule has 1 N–H and O–H groups in total. The van der Waals surface area contributed by atoms with Gasteiger partial charge < -0.3 is 0 Å². The van der Waals surface area contributed by atoms with E-state index in [1.807, 2.05) is 0 Å². The minimum Gasteiger partial charge on any atom is -0.281 e. The fourth-order valence-electron chi connectivity index (χ4n) is 1.23. The molecule has 0 radical (unpaired) electrons. The van der Waals surface area contributed by atoms with Crippen LogP contribution >= 0.6 is 11.3 Å². The minimum absolute atomic E-state index is 0.119. The Labute approximate surface area is 95.9 Å². The van der Waals surface area contributed by atoms with Crippen LogP contribution in [-0.2, 0) is 10.1 Å². The van der Waals surface area contributed by atoms with Crippen LogP contribution in [0.3, 0.4) is 0 Å². The highest BCUT2D eigenvalue weighted by Gasteiger charge is 2.13. The molecule has 1 aromatic heterocycles. The molecule has 0 aliphatic carbocycles. The first-order chi connectivity index (χ1) is 7.47. The van der Waals surface area contributed by atoms with Gasteiger partial charge in [-0.05, 0) is 29.8 Å². The maximum Gasteiger partial charge on any atom is 0.304 e. The second-order valence-electron chi connectivity index (χ2n) is 3.10. The first-order valence-corrected chi connectivity index (χ1v) is 6.56. The highest BCUT2D eigenvalue weighted by Crippen LogP contribution is 2.30. The highest BCUT2D eigenvalue weighted by molar-refractivity contribution is 7.88. The molecule has 0 saturated carbocycles. The summed E-state index contributed by atoms with van der Waals surface area (Å²) in [5.74, 6) is -0.352. The number of benzene rings is 1. The third-order valence-electron chi connectivity index (χ3n) is 1.96. The molecule has 2 aromatic rings. The summed E-state index contributed by atoms with van der Waals surface area (Å²) in [6.07, 6.45) is 0. The Morgan fingerprint density at radius 2 is 1.69 bits per heavy atom. The number of hydrogen-bond acceptors (Lipinski definition) is 3. The van der Waals surface area contributed by atoms with E-state index in [1.165, 1.54) is 18.2 Å². The molecule has 2 rings (SSSR count). The number of halogens is 1. The molecule has 1 heterocycles. The topological polar surface area (TPSA) is 54.4 Å². The Morgan fingerprint density at radius 3 is 2.19 bits per heavy atom. The Kier molecular flexibility index (Phi) is 2.79. The van der Waals surface area contributed by atoms with Crippen LogP contribution in [0, 0.1) is 5.82 Å². The van der Waals surface area contributed by atoms with Crippen molar-refractivity contribution < 1.29 is 17.4 Å². The van der Waals surface area contributed by atoms with E-state index in [4.69, 9.17) is 4.55 Å². The standard InChI is InChI=1S/C10H7FO3S2/c11-8-3-1-7(2-4-8)9-5-6-10(15-9)16(12,13)14/h1-6H,(H,12,13,14). The van der Waals surface area contributed by atoms with Gasteiger partial charge >= 0.3 is 10.1 Å². The van der Waals surface area contributed by atoms with Crippen LogP contribution in [0.2, 0.25) is 0 Å². The second-order valence-corrected chi connectivity index (χ2v) is 5.83. The molecule has 84 valence electrons. The van der Waals surface area contributed by atoms with Crippen LogP contribution in [0.15, 0.2) is 40.6 Å². The largest absolute Gasteiger partial charge is 0.304 e. The molecule has 0 atom stereocenters. The zero-order valence-electron chi connectivity index (χ0n) is 7.92. The average Bonchev–Trinajstić information content (AvgIpc) is 2.67. The van der Waals surface area contributed by atoms with E-state index in [0.717, 1.165) is 11.3 Å². The molecule has 1 aromatic carbocycles. The van der Waals surface area contributed by atoms with Crippen molar-refractivity contribution in [2.75, 3.05) is 0 Å². The predicted molar refractivity (Wildman–Crippen MR) is 59.5 cm³/mol. The van der Waals surface area contributed by atoms with Gasteiger partial charge in [0.2, 0.25) is 0 Å². The number of rotatable bonds is 2. The van der Waals surface area contributed by atoms with Gasteiger partial charge in [0.05, 0.1) is 0 Å². The van der Waals surface area contributed by atoms with Gasteiger partial charge in [-0.2, -0.15) is 8.42 Å². The summed E-state index contributed by atoms with van der Waals surface area (Å²) in [7, 11) is -4.15. The molecule has 0 unspecified atom stereocenters. The van der Waals surface area contributed by atoms with E-state index in [2.05, 4.69) is 0 Å². The van der Waals surface area contributed by atoms with Crippen LogP contribution < -0.4 is 0 Å². The van der Waals surface area contributed by atoms with Crippen LogP contribution in [0.25, 0.3) is 10.4 Å². The minimum atomic E-state index is -4.15. The van der Waals surface area contributed by atoms with Gasteiger partial charge in [0.1, 0.15) is 10.0 Å².